The van der Waals surface area contributed by atoms with Gasteiger partial charge in [-0.2, -0.15) is 0 Å². The van der Waals surface area contributed by atoms with E-state index in [0.29, 0.717) is 47.3 Å². The summed E-state index contributed by atoms with van der Waals surface area (Å²) in [6.45, 7) is 8.23. The molecule has 0 aliphatic rings. The molecule has 0 unspecified atom stereocenters. The second-order valence-electron chi connectivity index (χ2n) is 12.0. The van der Waals surface area contributed by atoms with Crippen LogP contribution in [0.15, 0.2) is 94.7 Å². The van der Waals surface area contributed by atoms with E-state index < -0.39 is 34.1 Å². The average Bonchev–Trinajstić information content (AvgIpc) is 3.12. The zero-order valence-electron chi connectivity index (χ0n) is 30.0. The van der Waals surface area contributed by atoms with Crippen molar-refractivity contribution < 1.29 is 37.1 Å². The van der Waals surface area contributed by atoms with Crippen molar-refractivity contribution in [1.29, 1.82) is 0 Å². The Labute approximate surface area is 309 Å². The lowest BCUT2D eigenvalue weighted by Crippen LogP contribution is -2.20. The second kappa shape index (κ2) is 18.9. The number of nitrogens with one attached hydrogen (secondary N) is 6. The van der Waals surface area contributed by atoms with Crippen molar-refractivity contribution in [2.75, 3.05) is 45.1 Å². The van der Waals surface area contributed by atoms with Crippen LogP contribution in [0.25, 0.3) is 0 Å². The highest BCUT2D eigenvalue weighted by molar-refractivity contribution is 7.91. The molecular formula is C38H44N6O8S. The van der Waals surface area contributed by atoms with Gasteiger partial charge < -0.3 is 30.7 Å². The molecule has 4 aromatic rings. The van der Waals surface area contributed by atoms with E-state index in [1.165, 1.54) is 48.5 Å². The molecular weight excluding hydrogens is 701 g/mol. The summed E-state index contributed by atoms with van der Waals surface area (Å²) < 4.78 is 36.9. The van der Waals surface area contributed by atoms with Gasteiger partial charge in [-0.15, -0.1) is 0 Å². The van der Waals surface area contributed by atoms with Gasteiger partial charge in [0, 0.05) is 34.1 Å². The molecule has 0 saturated heterocycles. The van der Waals surface area contributed by atoms with Crippen LogP contribution in [0.4, 0.5) is 53.3 Å². The van der Waals surface area contributed by atoms with Crippen LogP contribution < -0.4 is 31.9 Å². The van der Waals surface area contributed by atoms with Gasteiger partial charge in [-0.25, -0.2) is 27.6 Å². The van der Waals surface area contributed by atoms with Crippen LogP contribution in [0, 0.1) is 13.8 Å². The Morgan fingerprint density at radius 3 is 1.21 bits per heavy atom. The fourth-order valence-electron chi connectivity index (χ4n) is 4.74. The fraction of sp³-hybridized carbons (Fsp3) is 0.263. The molecule has 0 bridgehead atoms. The first-order valence-electron chi connectivity index (χ1n) is 17.1. The summed E-state index contributed by atoms with van der Waals surface area (Å²) in [5.41, 5.74) is 4.07. The van der Waals surface area contributed by atoms with Gasteiger partial charge >= 0.3 is 24.2 Å². The first-order chi connectivity index (χ1) is 25.4. The lowest BCUT2D eigenvalue weighted by Gasteiger charge is -2.13. The van der Waals surface area contributed by atoms with Crippen molar-refractivity contribution in [3.63, 3.8) is 0 Å². The van der Waals surface area contributed by atoms with Crippen LogP contribution in [0.5, 0.6) is 0 Å². The maximum absolute atomic E-state index is 13.3. The molecule has 53 heavy (non-hydrogen) atoms. The predicted octanol–water partition coefficient (Wildman–Crippen LogP) is 9.12. The molecule has 6 N–H and O–H groups in total. The molecule has 6 amide bonds. The van der Waals surface area contributed by atoms with Crippen LogP contribution in [0.2, 0.25) is 0 Å². The van der Waals surface area contributed by atoms with Crippen LogP contribution in [0.3, 0.4) is 0 Å². The van der Waals surface area contributed by atoms with E-state index in [2.05, 4.69) is 31.9 Å². The van der Waals surface area contributed by atoms with E-state index in [1.807, 2.05) is 27.7 Å². The highest BCUT2D eigenvalue weighted by Crippen LogP contribution is 2.26. The molecule has 4 rings (SSSR count). The van der Waals surface area contributed by atoms with Crippen molar-refractivity contribution in [2.24, 2.45) is 0 Å². The molecule has 0 atom stereocenters. The maximum atomic E-state index is 13.3. The summed E-state index contributed by atoms with van der Waals surface area (Å²) in [4.78, 5) is 49.5. The van der Waals surface area contributed by atoms with Crippen LogP contribution in [-0.4, -0.2) is 45.9 Å². The molecule has 0 radical (unpaired) electrons. The molecule has 0 aliphatic carbocycles. The Balaban J connectivity index is 1.31. The Bertz CT molecular complexity index is 1880. The number of amides is 6. The molecule has 0 spiro atoms. The van der Waals surface area contributed by atoms with Crippen molar-refractivity contribution in [3.8, 4) is 0 Å². The van der Waals surface area contributed by atoms with E-state index in [4.69, 9.17) is 9.47 Å². The topological polar surface area (TPSA) is 193 Å². The number of ether oxygens (including phenoxy) is 2. The van der Waals surface area contributed by atoms with E-state index in [-0.39, 0.29) is 9.79 Å². The number of carbonyl (C=O) groups is 4. The van der Waals surface area contributed by atoms with Gasteiger partial charge in [-0.1, -0.05) is 38.8 Å². The molecule has 15 heteroatoms. The first kappa shape index (κ1) is 39.7. The maximum Gasteiger partial charge on any atom is 0.411 e. The summed E-state index contributed by atoms with van der Waals surface area (Å²) in [5.74, 6) is 0. The van der Waals surface area contributed by atoms with Gasteiger partial charge in [0.15, 0.2) is 0 Å². The number of urea groups is 2. The number of hydrogen-bond acceptors (Lipinski definition) is 8. The zero-order chi connectivity index (χ0) is 38.4. The normalized spacial score (nSPS) is 10.8. The van der Waals surface area contributed by atoms with E-state index in [1.54, 1.807) is 36.4 Å². The van der Waals surface area contributed by atoms with E-state index in [9.17, 15) is 27.6 Å². The van der Waals surface area contributed by atoms with Crippen LogP contribution in [0.1, 0.15) is 50.7 Å². The number of unbranched alkanes of at least 4 members (excludes halogenated alkanes) is 2. The molecule has 4 aromatic carbocycles. The smallest absolute Gasteiger partial charge is 0.411 e. The summed E-state index contributed by atoms with van der Waals surface area (Å²) in [5, 5.41) is 16.0. The first-order valence-corrected chi connectivity index (χ1v) is 18.6. The molecule has 0 saturated carbocycles. The largest absolute Gasteiger partial charge is 0.449 e. The van der Waals surface area contributed by atoms with Gasteiger partial charge in [0.2, 0.25) is 9.84 Å². The number of carbonyl (C=O) groups excluding carboxylic acids is 4. The molecule has 0 fully saturated rings. The van der Waals surface area contributed by atoms with Gasteiger partial charge in [0.25, 0.3) is 0 Å². The van der Waals surface area contributed by atoms with E-state index >= 15 is 0 Å². The van der Waals surface area contributed by atoms with Gasteiger partial charge in [-0.3, -0.25) is 10.6 Å². The molecule has 280 valence electrons. The molecule has 14 nitrogen and oxygen atoms in total. The Hall–Kier alpha value is -6.09. The number of hydrogen-bond donors (Lipinski definition) is 6. The minimum absolute atomic E-state index is 0.0000128. The van der Waals surface area contributed by atoms with Crippen molar-refractivity contribution >= 4 is 68.2 Å². The van der Waals surface area contributed by atoms with Crippen molar-refractivity contribution in [2.45, 2.75) is 63.2 Å². The van der Waals surface area contributed by atoms with Crippen LogP contribution in [-0.2, 0) is 19.3 Å². The van der Waals surface area contributed by atoms with Gasteiger partial charge in [-0.05, 0) is 111 Å². The third-order valence-corrected chi connectivity index (χ3v) is 9.56. The van der Waals surface area contributed by atoms with Crippen molar-refractivity contribution in [3.05, 3.63) is 96.1 Å². The second-order valence-corrected chi connectivity index (χ2v) is 13.9. The Morgan fingerprint density at radius 2 is 0.849 bits per heavy atom. The number of benzene rings is 4. The molecule has 0 aromatic heterocycles. The minimum atomic E-state index is -3.93. The summed E-state index contributed by atoms with van der Waals surface area (Å²) in [7, 11) is -3.93. The number of anilines is 6. The number of rotatable bonds is 14. The van der Waals surface area contributed by atoms with Gasteiger partial charge in [0.1, 0.15) is 0 Å². The lowest BCUT2D eigenvalue weighted by atomic mass is 10.2. The third-order valence-electron chi connectivity index (χ3n) is 7.77. The van der Waals surface area contributed by atoms with E-state index in [0.717, 1.165) is 36.8 Å². The zero-order valence-corrected chi connectivity index (χ0v) is 30.8. The standard InChI is InChI=1S/C38H44N6O8S/c1-5-7-21-51-37(47)43-33-23-29(11-9-25(33)3)41-35(45)39-27-13-17-31(18-14-27)53(49,50)32-19-15-28(16-20-32)40-36(46)42-30-12-10-26(4)34(24-30)44-38(48)52-22-8-6-2/h9-20,23-24H,5-8,21-22H2,1-4H3,(H,43,47)(H,44,48)(H2,39,41,45)(H2,40,42,46). The highest BCUT2D eigenvalue weighted by atomic mass is 32.2. The van der Waals surface area contributed by atoms with Crippen LogP contribution >= 0.6 is 0 Å². The Morgan fingerprint density at radius 1 is 0.509 bits per heavy atom. The average molecular weight is 745 g/mol. The number of aryl methyl sites for hydroxylation is 2. The van der Waals surface area contributed by atoms with Gasteiger partial charge in [0.05, 0.1) is 23.0 Å². The Kier molecular flexibility index (Phi) is 14.2. The summed E-state index contributed by atoms with van der Waals surface area (Å²) in [6, 6.07) is 20.2. The summed E-state index contributed by atoms with van der Waals surface area (Å²) in [6.07, 6.45) is 2.14. The highest BCUT2D eigenvalue weighted by Gasteiger charge is 2.18. The summed E-state index contributed by atoms with van der Waals surface area (Å²) >= 11 is 0. The SMILES string of the molecule is CCCCOC(=O)Nc1cc(NC(=O)Nc2ccc(S(=O)(=O)c3ccc(NC(=O)Nc4ccc(C)c(NC(=O)OCCCC)c4)cc3)cc2)ccc1C. The predicted molar refractivity (Wildman–Crippen MR) is 206 cm³/mol. The van der Waals surface area contributed by atoms with Crippen molar-refractivity contribution in [1.82, 2.24) is 0 Å². The fourth-order valence-corrected chi connectivity index (χ4v) is 6.00. The minimum Gasteiger partial charge on any atom is -0.449 e. The monoisotopic (exact) mass is 744 g/mol. The molecule has 0 heterocycles. The lowest BCUT2D eigenvalue weighted by molar-refractivity contribution is 0.159. The number of sulfone groups is 1. The third kappa shape index (κ3) is 12.0. The quantitative estimate of drug-likeness (QED) is 0.0688. The molecule has 0 aliphatic heterocycles.